The summed E-state index contributed by atoms with van der Waals surface area (Å²) in [6.45, 7) is 4.84. The van der Waals surface area contributed by atoms with E-state index in [4.69, 9.17) is 9.47 Å². The van der Waals surface area contributed by atoms with Gasteiger partial charge < -0.3 is 14.8 Å². The third kappa shape index (κ3) is 4.69. The van der Waals surface area contributed by atoms with Crippen molar-refractivity contribution in [1.29, 1.82) is 0 Å². The monoisotopic (exact) mass is 432 g/mol. The highest BCUT2D eigenvalue weighted by molar-refractivity contribution is 7.89. The molecule has 1 amide bonds. The molecule has 30 heavy (non-hydrogen) atoms. The highest BCUT2D eigenvalue weighted by Gasteiger charge is 2.27. The van der Waals surface area contributed by atoms with Gasteiger partial charge in [-0.05, 0) is 43.7 Å². The van der Waals surface area contributed by atoms with Crippen molar-refractivity contribution in [3.05, 3.63) is 59.2 Å². The Labute approximate surface area is 175 Å². The van der Waals surface area contributed by atoms with Crippen LogP contribution in [0, 0.1) is 6.92 Å². The molecule has 0 aromatic heterocycles. The maximum Gasteiger partial charge on any atom is 0.340 e. The summed E-state index contributed by atoms with van der Waals surface area (Å²) in [5, 5.41) is 2.70. The Morgan fingerprint density at radius 2 is 1.80 bits per heavy atom. The number of nitrogens with zero attached hydrogens (tertiary/aromatic N) is 1. The minimum Gasteiger partial charge on any atom is -0.462 e. The number of sulfonamides is 1. The summed E-state index contributed by atoms with van der Waals surface area (Å²) in [6, 6.07) is 11.0. The van der Waals surface area contributed by atoms with Crippen molar-refractivity contribution in [3.8, 4) is 0 Å². The Hall–Kier alpha value is -2.75. The third-order valence-electron chi connectivity index (χ3n) is 4.73. The summed E-state index contributed by atoms with van der Waals surface area (Å²) in [5.41, 5.74) is 1.34. The Balaban J connectivity index is 1.89. The van der Waals surface area contributed by atoms with Crippen molar-refractivity contribution in [2.75, 3.05) is 38.2 Å². The maximum atomic E-state index is 12.9. The van der Waals surface area contributed by atoms with E-state index in [0.29, 0.717) is 24.5 Å². The number of carbonyl (C=O) groups excluding carboxylic acids is 2. The molecule has 0 unspecified atom stereocenters. The fraction of sp³-hybridized carbons (Fsp3) is 0.333. The Bertz CT molecular complexity index is 1050. The third-order valence-corrected chi connectivity index (χ3v) is 6.63. The van der Waals surface area contributed by atoms with Crippen molar-refractivity contribution in [2.24, 2.45) is 0 Å². The standard InChI is InChI=1S/C21H24N2O6S/c1-3-29-21(25)17-6-4-5-7-19(17)22-20(24)18-14-16(9-8-15(18)2)30(26,27)23-10-12-28-13-11-23/h4-9,14H,3,10-13H2,1-2H3,(H,22,24). The number of morpholine rings is 1. The van der Waals surface area contributed by atoms with E-state index in [-0.39, 0.29) is 35.7 Å². The van der Waals surface area contributed by atoms with Crippen molar-refractivity contribution in [3.63, 3.8) is 0 Å². The lowest BCUT2D eigenvalue weighted by Gasteiger charge is -2.26. The molecule has 0 saturated carbocycles. The first kappa shape index (κ1) is 21.9. The number of hydrogen-bond acceptors (Lipinski definition) is 6. The van der Waals surface area contributed by atoms with E-state index in [9.17, 15) is 18.0 Å². The van der Waals surface area contributed by atoms with Gasteiger partial charge in [-0.25, -0.2) is 13.2 Å². The highest BCUT2D eigenvalue weighted by Crippen LogP contribution is 2.23. The summed E-state index contributed by atoms with van der Waals surface area (Å²) in [4.78, 5) is 25.1. The number of benzene rings is 2. The van der Waals surface area contributed by atoms with Crippen molar-refractivity contribution in [1.82, 2.24) is 4.31 Å². The summed E-state index contributed by atoms with van der Waals surface area (Å²) >= 11 is 0. The molecule has 1 N–H and O–H groups in total. The van der Waals surface area contributed by atoms with Gasteiger partial charge in [-0.2, -0.15) is 4.31 Å². The molecular weight excluding hydrogens is 408 g/mol. The van der Waals surface area contributed by atoms with Gasteiger partial charge in [0.25, 0.3) is 5.91 Å². The number of anilines is 1. The first-order chi connectivity index (χ1) is 14.3. The Morgan fingerprint density at radius 1 is 1.10 bits per heavy atom. The number of amides is 1. The second kappa shape index (κ2) is 9.38. The lowest BCUT2D eigenvalue weighted by atomic mass is 10.1. The van der Waals surface area contributed by atoms with Gasteiger partial charge in [0.2, 0.25) is 10.0 Å². The molecule has 0 bridgehead atoms. The number of esters is 1. The van der Waals surface area contributed by atoms with Crippen LogP contribution in [0.3, 0.4) is 0 Å². The number of carbonyl (C=O) groups is 2. The van der Waals surface area contributed by atoms with Crippen LogP contribution in [0.25, 0.3) is 0 Å². The minimum absolute atomic E-state index is 0.0406. The molecule has 0 radical (unpaired) electrons. The normalized spacial score (nSPS) is 14.9. The molecule has 0 atom stereocenters. The van der Waals surface area contributed by atoms with E-state index in [0.717, 1.165) is 0 Å². The highest BCUT2D eigenvalue weighted by atomic mass is 32.2. The zero-order valence-electron chi connectivity index (χ0n) is 16.9. The fourth-order valence-electron chi connectivity index (χ4n) is 3.11. The largest absolute Gasteiger partial charge is 0.462 e. The molecule has 1 saturated heterocycles. The number of nitrogens with one attached hydrogen (secondary N) is 1. The molecule has 3 rings (SSSR count). The average Bonchev–Trinajstić information content (AvgIpc) is 2.75. The first-order valence-electron chi connectivity index (χ1n) is 9.60. The van der Waals surface area contributed by atoms with E-state index in [1.54, 1.807) is 44.2 Å². The molecule has 160 valence electrons. The van der Waals surface area contributed by atoms with Crippen LogP contribution in [-0.4, -0.2) is 57.5 Å². The van der Waals surface area contributed by atoms with Crippen LogP contribution in [0.5, 0.6) is 0 Å². The molecule has 1 aliphatic heterocycles. The van der Waals surface area contributed by atoms with Crippen LogP contribution < -0.4 is 5.32 Å². The van der Waals surface area contributed by atoms with Gasteiger partial charge in [-0.3, -0.25) is 4.79 Å². The number of ether oxygens (including phenoxy) is 2. The molecule has 1 heterocycles. The van der Waals surface area contributed by atoms with Gasteiger partial charge in [-0.15, -0.1) is 0 Å². The van der Waals surface area contributed by atoms with Crippen LogP contribution in [0.4, 0.5) is 5.69 Å². The number of hydrogen-bond donors (Lipinski definition) is 1. The smallest absolute Gasteiger partial charge is 0.340 e. The van der Waals surface area contributed by atoms with E-state index in [1.165, 1.54) is 16.4 Å². The molecule has 8 nitrogen and oxygen atoms in total. The molecule has 2 aromatic carbocycles. The maximum absolute atomic E-state index is 12.9. The van der Waals surface area contributed by atoms with E-state index in [1.807, 2.05) is 0 Å². The van der Waals surface area contributed by atoms with Gasteiger partial charge in [0.1, 0.15) is 0 Å². The van der Waals surface area contributed by atoms with Crippen molar-refractivity contribution >= 4 is 27.6 Å². The Morgan fingerprint density at radius 3 is 2.50 bits per heavy atom. The topological polar surface area (TPSA) is 102 Å². The first-order valence-corrected chi connectivity index (χ1v) is 11.0. The van der Waals surface area contributed by atoms with Gasteiger partial charge in [0, 0.05) is 18.7 Å². The molecular formula is C21H24N2O6S. The average molecular weight is 432 g/mol. The second-order valence-corrected chi connectivity index (χ2v) is 8.65. The molecule has 1 fully saturated rings. The second-order valence-electron chi connectivity index (χ2n) is 6.71. The zero-order chi connectivity index (χ0) is 21.7. The van der Waals surface area contributed by atoms with Crippen LogP contribution in [0.2, 0.25) is 0 Å². The number of aryl methyl sites for hydroxylation is 1. The summed E-state index contributed by atoms with van der Waals surface area (Å²) in [5.74, 6) is -1.06. The molecule has 0 aliphatic carbocycles. The van der Waals surface area contributed by atoms with E-state index >= 15 is 0 Å². The van der Waals surface area contributed by atoms with Crippen LogP contribution >= 0.6 is 0 Å². The van der Waals surface area contributed by atoms with Crippen LogP contribution in [0.1, 0.15) is 33.2 Å². The number of para-hydroxylation sites is 1. The summed E-state index contributed by atoms with van der Waals surface area (Å²) in [6.07, 6.45) is 0. The number of rotatable bonds is 6. The minimum atomic E-state index is -3.74. The molecule has 9 heteroatoms. The van der Waals surface area contributed by atoms with Crippen LogP contribution in [-0.2, 0) is 19.5 Å². The van der Waals surface area contributed by atoms with Crippen LogP contribution in [0.15, 0.2) is 47.4 Å². The van der Waals surface area contributed by atoms with E-state index < -0.39 is 21.9 Å². The zero-order valence-corrected chi connectivity index (χ0v) is 17.7. The molecule has 2 aromatic rings. The predicted molar refractivity (Wildman–Crippen MR) is 111 cm³/mol. The quantitative estimate of drug-likeness (QED) is 0.704. The predicted octanol–water partition coefficient (Wildman–Crippen LogP) is 2.44. The van der Waals surface area contributed by atoms with Gasteiger partial charge in [0.15, 0.2) is 0 Å². The van der Waals surface area contributed by atoms with Crippen molar-refractivity contribution in [2.45, 2.75) is 18.7 Å². The summed E-state index contributed by atoms with van der Waals surface area (Å²) < 4.78 is 37.4. The lowest BCUT2D eigenvalue weighted by molar-refractivity contribution is 0.0527. The molecule has 1 aliphatic rings. The van der Waals surface area contributed by atoms with E-state index in [2.05, 4.69) is 5.32 Å². The summed E-state index contributed by atoms with van der Waals surface area (Å²) in [7, 11) is -3.74. The Kier molecular flexibility index (Phi) is 6.86. The van der Waals surface area contributed by atoms with Gasteiger partial charge in [-0.1, -0.05) is 18.2 Å². The van der Waals surface area contributed by atoms with Crippen molar-refractivity contribution < 1.29 is 27.5 Å². The SMILES string of the molecule is CCOC(=O)c1ccccc1NC(=O)c1cc(S(=O)(=O)N2CCOCC2)ccc1C. The van der Waals surface area contributed by atoms with Gasteiger partial charge in [0.05, 0.1) is 36.0 Å². The lowest BCUT2D eigenvalue weighted by Crippen LogP contribution is -2.40. The molecule has 0 spiro atoms. The van der Waals surface area contributed by atoms with Gasteiger partial charge >= 0.3 is 5.97 Å². The fourth-order valence-corrected chi connectivity index (χ4v) is 4.55.